The van der Waals surface area contributed by atoms with Gasteiger partial charge in [-0.15, -0.1) is 0 Å². The molecule has 0 radical (unpaired) electrons. The molecule has 3 nitrogen and oxygen atoms in total. The summed E-state index contributed by atoms with van der Waals surface area (Å²) in [6, 6.07) is 7.44. The molecule has 2 aliphatic heterocycles. The Morgan fingerprint density at radius 2 is 2.14 bits per heavy atom. The van der Waals surface area contributed by atoms with Crippen LogP contribution in [-0.4, -0.2) is 24.2 Å². The van der Waals surface area contributed by atoms with Gasteiger partial charge in [0.2, 0.25) is 0 Å². The van der Waals surface area contributed by atoms with Gasteiger partial charge >= 0.3 is 0 Å². The van der Waals surface area contributed by atoms with Gasteiger partial charge in [0.25, 0.3) is 0 Å². The molecule has 0 aliphatic carbocycles. The van der Waals surface area contributed by atoms with Crippen LogP contribution in [0.3, 0.4) is 0 Å². The molecule has 2 aliphatic rings. The number of ether oxygens (including phenoxy) is 1. The first-order chi connectivity index (χ1) is 10.8. The average Bonchev–Trinajstić information content (AvgIpc) is 3.24. The van der Waals surface area contributed by atoms with Gasteiger partial charge in [-0.2, -0.15) is 0 Å². The molecule has 2 fully saturated rings. The maximum Gasteiger partial charge on any atom is 0.0825 e. The molecule has 3 unspecified atom stereocenters. The summed E-state index contributed by atoms with van der Waals surface area (Å²) in [5, 5.41) is 5.03. The Kier molecular flexibility index (Phi) is 3.93. The van der Waals surface area contributed by atoms with Gasteiger partial charge in [-0.25, -0.2) is 0 Å². The van der Waals surface area contributed by atoms with Crippen molar-refractivity contribution in [3.8, 4) is 0 Å². The Morgan fingerprint density at radius 3 is 2.91 bits per heavy atom. The number of rotatable bonds is 3. The van der Waals surface area contributed by atoms with E-state index in [2.05, 4.69) is 41.6 Å². The lowest BCUT2D eigenvalue weighted by molar-refractivity contribution is 0.0150. The SMILES string of the molecule is CC(c1c[nH]c2ccc(C3CCCCO3)cc12)C1CCCN1. The van der Waals surface area contributed by atoms with Crippen LogP contribution in [0.25, 0.3) is 10.9 Å². The van der Waals surface area contributed by atoms with Crippen molar-refractivity contribution in [3.05, 3.63) is 35.5 Å². The third kappa shape index (κ3) is 2.57. The first-order valence-corrected chi connectivity index (χ1v) is 8.79. The number of nitrogens with one attached hydrogen (secondary N) is 2. The van der Waals surface area contributed by atoms with Gasteiger partial charge in [-0.1, -0.05) is 13.0 Å². The molecule has 3 atom stereocenters. The fourth-order valence-corrected chi connectivity index (χ4v) is 4.10. The van der Waals surface area contributed by atoms with Crippen LogP contribution in [0.4, 0.5) is 0 Å². The number of fused-ring (bicyclic) bond motifs is 1. The third-order valence-electron chi connectivity index (χ3n) is 5.48. The zero-order valence-corrected chi connectivity index (χ0v) is 13.4. The van der Waals surface area contributed by atoms with Crippen molar-refractivity contribution in [2.24, 2.45) is 0 Å². The molecule has 2 saturated heterocycles. The van der Waals surface area contributed by atoms with Crippen molar-refractivity contribution in [2.75, 3.05) is 13.2 Å². The molecule has 22 heavy (non-hydrogen) atoms. The van der Waals surface area contributed by atoms with Gasteiger partial charge in [-0.3, -0.25) is 0 Å². The van der Waals surface area contributed by atoms with E-state index in [-0.39, 0.29) is 0 Å². The van der Waals surface area contributed by atoms with Gasteiger partial charge in [0.05, 0.1) is 6.10 Å². The smallest absolute Gasteiger partial charge is 0.0825 e. The minimum Gasteiger partial charge on any atom is -0.374 e. The molecule has 118 valence electrons. The van der Waals surface area contributed by atoms with E-state index in [1.165, 1.54) is 54.3 Å². The second kappa shape index (κ2) is 6.05. The number of aromatic nitrogens is 1. The van der Waals surface area contributed by atoms with E-state index in [1.54, 1.807) is 0 Å². The van der Waals surface area contributed by atoms with Gasteiger partial charge in [-0.05, 0) is 67.8 Å². The van der Waals surface area contributed by atoms with Crippen molar-refractivity contribution in [1.29, 1.82) is 0 Å². The second-order valence-corrected chi connectivity index (χ2v) is 6.90. The summed E-state index contributed by atoms with van der Waals surface area (Å²) in [5.41, 5.74) is 4.05. The number of hydrogen-bond donors (Lipinski definition) is 2. The molecule has 3 heteroatoms. The third-order valence-corrected chi connectivity index (χ3v) is 5.48. The van der Waals surface area contributed by atoms with Crippen molar-refractivity contribution in [2.45, 2.75) is 57.1 Å². The highest BCUT2D eigenvalue weighted by Crippen LogP contribution is 2.34. The number of H-pyrrole nitrogens is 1. The minimum atomic E-state index is 0.292. The van der Waals surface area contributed by atoms with Gasteiger partial charge in [0.15, 0.2) is 0 Å². The Balaban J connectivity index is 1.66. The van der Waals surface area contributed by atoms with E-state index in [0.29, 0.717) is 18.1 Å². The average molecular weight is 298 g/mol. The molecule has 0 amide bonds. The summed E-state index contributed by atoms with van der Waals surface area (Å²) in [6.45, 7) is 4.43. The lowest BCUT2D eigenvalue weighted by atomic mass is 9.91. The largest absolute Gasteiger partial charge is 0.374 e. The molecule has 0 saturated carbocycles. The van der Waals surface area contributed by atoms with Gasteiger partial charge in [0.1, 0.15) is 0 Å². The molecule has 2 N–H and O–H groups in total. The van der Waals surface area contributed by atoms with Crippen LogP contribution in [0.2, 0.25) is 0 Å². The normalized spacial score (nSPS) is 27.3. The van der Waals surface area contributed by atoms with E-state index >= 15 is 0 Å². The maximum atomic E-state index is 5.97. The van der Waals surface area contributed by atoms with Crippen LogP contribution in [0, 0.1) is 0 Å². The second-order valence-electron chi connectivity index (χ2n) is 6.90. The molecule has 2 aromatic rings. The fourth-order valence-electron chi connectivity index (χ4n) is 4.10. The summed E-state index contributed by atoms with van der Waals surface area (Å²) in [6.07, 6.45) is 8.74. The highest BCUT2D eigenvalue weighted by molar-refractivity contribution is 5.84. The van der Waals surface area contributed by atoms with Crippen LogP contribution in [0.1, 0.15) is 62.2 Å². The predicted molar refractivity (Wildman–Crippen MR) is 90.3 cm³/mol. The van der Waals surface area contributed by atoms with Crippen molar-refractivity contribution in [3.63, 3.8) is 0 Å². The van der Waals surface area contributed by atoms with E-state index < -0.39 is 0 Å². The standard InChI is InChI=1S/C19H26N2O/c1-13(17-5-4-9-20-17)16-12-21-18-8-7-14(11-15(16)18)19-6-2-3-10-22-19/h7-8,11-13,17,19-21H,2-6,9-10H2,1H3. The molecule has 4 rings (SSSR count). The minimum absolute atomic E-state index is 0.292. The monoisotopic (exact) mass is 298 g/mol. The van der Waals surface area contributed by atoms with Gasteiger partial charge < -0.3 is 15.0 Å². The molecule has 1 aromatic heterocycles. The van der Waals surface area contributed by atoms with Crippen LogP contribution >= 0.6 is 0 Å². The van der Waals surface area contributed by atoms with Crippen LogP contribution in [0.15, 0.2) is 24.4 Å². The van der Waals surface area contributed by atoms with E-state index in [9.17, 15) is 0 Å². The zero-order valence-electron chi connectivity index (χ0n) is 13.4. The Hall–Kier alpha value is -1.32. The summed E-state index contributed by atoms with van der Waals surface area (Å²) in [4.78, 5) is 3.45. The first kappa shape index (κ1) is 14.3. The van der Waals surface area contributed by atoms with Crippen molar-refractivity contribution < 1.29 is 4.74 Å². The number of benzene rings is 1. The van der Waals surface area contributed by atoms with E-state index in [1.807, 2.05) is 0 Å². The van der Waals surface area contributed by atoms with Crippen LogP contribution in [0.5, 0.6) is 0 Å². The van der Waals surface area contributed by atoms with Crippen molar-refractivity contribution in [1.82, 2.24) is 10.3 Å². The van der Waals surface area contributed by atoms with Crippen LogP contribution in [-0.2, 0) is 4.74 Å². The molecular formula is C19H26N2O. The first-order valence-electron chi connectivity index (χ1n) is 8.79. The maximum absolute atomic E-state index is 5.97. The van der Waals surface area contributed by atoms with E-state index in [4.69, 9.17) is 4.74 Å². The predicted octanol–water partition coefficient (Wildman–Crippen LogP) is 4.27. The van der Waals surface area contributed by atoms with Gasteiger partial charge in [0, 0.05) is 29.7 Å². The molecular weight excluding hydrogens is 272 g/mol. The van der Waals surface area contributed by atoms with Crippen LogP contribution < -0.4 is 5.32 Å². The summed E-state index contributed by atoms with van der Waals surface area (Å²) < 4.78 is 5.97. The zero-order chi connectivity index (χ0) is 14.9. The lowest BCUT2D eigenvalue weighted by Crippen LogP contribution is -2.27. The lowest BCUT2D eigenvalue weighted by Gasteiger charge is -2.23. The number of aromatic amines is 1. The highest BCUT2D eigenvalue weighted by atomic mass is 16.5. The van der Waals surface area contributed by atoms with Crippen molar-refractivity contribution >= 4 is 10.9 Å². The Bertz CT molecular complexity index is 636. The fraction of sp³-hybridized carbons (Fsp3) is 0.579. The Morgan fingerprint density at radius 1 is 1.18 bits per heavy atom. The number of hydrogen-bond acceptors (Lipinski definition) is 2. The summed E-state index contributed by atoms with van der Waals surface area (Å²) in [5.74, 6) is 0.554. The quantitative estimate of drug-likeness (QED) is 0.888. The topological polar surface area (TPSA) is 37.0 Å². The molecule has 1 aromatic carbocycles. The van der Waals surface area contributed by atoms with E-state index in [0.717, 1.165) is 13.0 Å². The molecule has 0 spiro atoms. The summed E-state index contributed by atoms with van der Waals surface area (Å²) in [7, 11) is 0. The Labute approximate surface area is 132 Å². The molecule has 0 bridgehead atoms. The molecule has 3 heterocycles. The summed E-state index contributed by atoms with van der Waals surface area (Å²) >= 11 is 0. The highest BCUT2D eigenvalue weighted by Gasteiger charge is 2.25.